The number of aliphatic hydroxyl groups excluding tert-OH is 1. The van der Waals surface area contributed by atoms with Crippen molar-refractivity contribution in [3.05, 3.63) is 66.2 Å². The van der Waals surface area contributed by atoms with Crippen LogP contribution in [-0.2, 0) is 21.2 Å². The number of hydrogen-bond donors (Lipinski definition) is 2. The lowest BCUT2D eigenvalue weighted by molar-refractivity contribution is -0.135. The Morgan fingerprint density at radius 3 is 2.21 bits per heavy atom. The molecule has 3 atom stereocenters. The lowest BCUT2D eigenvalue weighted by atomic mass is 9.71. The quantitative estimate of drug-likeness (QED) is 0.317. The van der Waals surface area contributed by atoms with Gasteiger partial charge in [0, 0.05) is 30.3 Å². The van der Waals surface area contributed by atoms with Gasteiger partial charge in [0.2, 0.25) is 15.9 Å². The van der Waals surface area contributed by atoms with E-state index in [-0.39, 0.29) is 29.8 Å². The molecule has 38 heavy (non-hydrogen) atoms. The monoisotopic (exact) mass is 566 g/mol. The van der Waals surface area contributed by atoms with E-state index in [9.17, 15) is 22.7 Å². The maximum absolute atomic E-state index is 13.6. The highest BCUT2D eigenvalue weighted by Gasteiger charge is 2.40. The number of nitrogens with one attached hydrogen (secondary N) is 1. The normalized spacial score (nSPS) is 18.0. The van der Waals surface area contributed by atoms with Crippen molar-refractivity contribution in [2.75, 3.05) is 25.6 Å². The van der Waals surface area contributed by atoms with Crippen molar-refractivity contribution in [1.29, 1.82) is 0 Å². The Morgan fingerprint density at radius 2 is 1.66 bits per heavy atom. The largest absolute Gasteiger partial charge is 0.390 e. The third-order valence-corrected chi connectivity index (χ3v) is 10.0. The van der Waals surface area contributed by atoms with Gasteiger partial charge in [-0.3, -0.25) is 9.18 Å². The second-order valence-corrected chi connectivity index (χ2v) is 12.6. The maximum Gasteiger partial charge on any atom is 0.243 e. The Balaban J connectivity index is 1.90. The standard InChI is InChI=1S/C29H40ClFN2O4S/c1-2-29(16-10-5-11-17-29)28(35)32-26(18-23-12-6-3-7-13-23)27(34)22-33(21-24(19-30)20-31)38(36,37)25-14-8-4-9-15-25/h3-4,6-9,12-15,24,26-27,34H,2,5,10-11,16-22H2,1H3,(H,32,35)/t24?,26-,27+/m0/s1. The topological polar surface area (TPSA) is 86.7 Å². The van der Waals surface area contributed by atoms with Crippen molar-refractivity contribution in [3.8, 4) is 0 Å². The SMILES string of the molecule is CCC1(C(=O)N[C@@H](Cc2ccccc2)[C@H](O)CN(CC(CF)CCl)S(=O)(=O)c2ccccc2)CCCCC1. The van der Waals surface area contributed by atoms with E-state index < -0.39 is 40.2 Å². The third kappa shape index (κ3) is 7.78. The van der Waals surface area contributed by atoms with E-state index in [1.54, 1.807) is 18.2 Å². The summed E-state index contributed by atoms with van der Waals surface area (Å²) in [4.78, 5) is 13.7. The van der Waals surface area contributed by atoms with Gasteiger partial charge in [0.25, 0.3) is 0 Å². The number of halogens is 2. The summed E-state index contributed by atoms with van der Waals surface area (Å²) in [6.45, 7) is 0.745. The zero-order chi connectivity index (χ0) is 27.6. The first-order valence-electron chi connectivity index (χ1n) is 13.5. The average molecular weight is 567 g/mol. The van der Waals surface area contributed by atoms with E-state index in [2.05, 4.69) is 5.32 Å². The molecular weight excluding hydrogens is 527 g/mol. The molecule has 0 radical (unpaired) electrons. The van der Waals surface area contributed by atoms with Crippen LogP contribution < -0.4 is 5.32 Å². The highest BCUT2D eigenvalue weighted by atomic mass is 35.5. The molecule has 1 fully saturated rings. The molecule has 2 aromatic carbocycles. The highest BCUT2D eigenvalue weighted by molar-refractivity contribution is 7.89. The molecule has 0 saturated heterocycles. The molecule has 3 rings (SSSR count). The van der Waals surface area contributed by atoms with Crippen LogP contribution in [0.5, 0.6) is 0 Å². The van der Waals surface area contributed by atoms with Gasteiger partial charge in [-0.2, -0.15) is 4.31 Å². The van der Waals surface area contributed by atoms with Crippen LogP contribution in [0.4, 0.5) is 4.39 Å². The second-order valence-electron chi connectivity index (χ2n) is 10.3. The summed E-state index contributed by atoms with van der Waals surface area (Å²) < 4.78 is 41.8. The highest BCUT2D eigenvalue weighted by Crippen LogP contribution is 2.39. The van der Waals surface area contributed by atoms with E-state index in [0.29, 0.717) is 12.8 Å². The van der Waals surface area contributed by atoms with Gasteiger partial charge in [0.05, 0.1) is 23.7 Å². The zero-order valence-corrected chi connectivity index (χ0v) is 23.6. The van der Waals surface area contributed by atoms with E-state index in [4.69, 9.17) is 11.6 Å². The van der Waals surface area contributed by atoms with Crippen LogP contribution in [0.3, 0.4) is 0 Å². The maximum atomic E-state index is 13.6. The summed E-state index contributed by atoms with van der Waals surface area (Å²) in [5.41, 5.74) is 0.423. The molecule has 210 valence electrons. The van der Waals surface area contributed by atoms with Gasteiger partial charge in [-0.15, -0.1) is 11.6 Å². The van der Waals surface area contributed by atoms with Crippen LogP contribution in [0.25, 0.3) is 0 Å². The van der Waals surface area contributed by atoms with Gasteiger partial charge < -0.3 is 10.4 Å². The Hall–Kier alpha value is -2.00. The Morgan fingerprint density at radius 1 is 1.05 bits per heavy atom. The molecule has 0 aliphatic heterocycles. The lowest BCUT2D eigenvalue weighted by Crippen LogP contribution is -2.54. The second kappa shape index (κ2) is 14.4. The number of carbonyl (C=O) groups excluding carboxylic acids is 1. The van der Waals surface area contributed by atoms with Gasteiger partial charge in [-0.1, -0.05) is 74.7 Å². The van der Waals surface area contributed by atoms with Gasteiger partial charge in [-0.25, -0.2) is 8.42 Å². The minimum Gasteiger partial charge on any atom is -0.390 e. The third-order valence-electron chi connectivity index (χ3n) is 7.72. The summed E-state index contributed by atoms with van der Waals surface area (Å²) in [5, 5.41) is 14.6. The summed E-state index contributed by atoms with van der Waals surface area (Å²) in [6, 6.07) is 16.6. The first-order valence-corrected chi connectivity index (χ1v) is 15.4. The van der Waals surface area contributed by atoms with E-state index in [0.717, 1.165) is 42.0 Å². The fraction of sp³-hybridized carbons (Fsp3) is 0.552. The van der Waals surface area contributed by atoms with E-state index >= 15 is 0 Å². The number of alkyl halides is 2. The van der Waals surface area contributed by atoms with Crippen LogP contribution in [0.1, 0.15) is 51.0 Å². The lowest BCUT2D eigenvalue weighted by Gasteiger charge is -2.38. The summed E-state index contributed by atoms with van der Waals surface area (Å²) >= 11 is 5.92. The smallest absolute Gasteiger partial charge is 0.243 e. The first kappa shape index (κ1) is 30.5. The van der Waals surface area contributed by atoms with Gasteiger partial charge in [0.15, 0.2) is 0 Å². The Kier molecular flexibility index (Phi) is 11.6. The molecule has 2 N–H and O–H groups in total. The van der Waals surface area contributed by atoms with Crippen molar-refractivity contribution in [3.63, 3.8) is 0 Å². The molecule has 1 aliphatic rings. The average Bonchev–Trinajstić information content (AvgIpc) is 2.96. The fourth-order valence-electron chi connectivity index (χ4n) is 5.22. The molecule has 1 aliphatic carbocycles. The molecule has 9 heteroatoms. The van der Waals surface area contributed by atoms with Gasteiger partial charge in [-0.05, 0) is 43.4 Å². The van der Waals surface area contributed by atoms with E-state index in [1.165, 1.54) is 12.1 Å². The molecule has 0 aromatic heterocycles. The van der Waals surface area contributed by atoms with Gasteiger partial charge >= 0.3 is 0 Å². The molecule has 1 unspecified atom stereocenters. The Labute approximate surface area is 231 Å². The van der Waals surface area contributed by atoms with Crippen molar-refractivity contribution in [1.82, 2.24) is 9.62 Å². The van der Waals surface area contributed by atoms with Crippen LogP contribution in [0.15, 0.2) is 65.6 Å². The van der Waals surface area contributed by atoms with Crippen LogP contribution in [-0.4, -0.2) is 61.5 Å². The van der Waals surface area contributed by atoms with Gasteiger partial charge in [0.1, 0.15) is 0 Å². The minimum atomic E-state index is -4.05. The Bertz CT molecular complexity index is 1090. The van der Waals surface area contributed by atoms with Crippen LogP contribution in [0, 0.1) is 11.3 Å². The molecule has 2 aromatic rings. The predicted octanol–water partition coefficient (Wildman–Crippen LogP) is 4.95. The first-order chi connectivity index (χ1) is 18.3. The summed E-state index contributed by atoms with van der Waals surface area (Å²) in [5.74, 6) is -0.883. The summed E-state index contributed by atoms with van der Waals surface area (Å²) in [7, 11) is -4.05. The number of nitrogens with zero attached hydrogens (tertiary/aromatic N) is 1. The molecule has 1 amide bonds. The minimum absolute atomic E-state index is 0.0511. The van der Waals surface area contributed by atoms with Crippen molar-refractivity contribution >= 4 is 27.5 Å². The van der Waals surface area contributed by atoms with E-state index in [1.807, 2.05) is 37.3 Å². The molecule has 0 heterocycles. The number of hydrogen-bond acceptors (Lipinski definition) is 4. The zero-order valence-electron chi connectivity index (χ0n) is 22.1. The fourth-order valence-corrected chi connectivity index (χ4v) is 6.95. The number of sulfonamides is 1. The number of amides is 1. The van der Waals surface area contributed by atoms with Crippen molar-refractivity contribution < 1.29 is 22.7 Å². The van der Waals surface area contributed by atoms with Crippen LogP contribution in [0.2, 0.25) is 0 Å². The number of benzene rings is 2. The predicted molar refractivity (Wildman–Crippen MR) is 149 cm³/mol. The molecular formula is C29H40ClFN2O4S. The molecule has 1 saturated carbocycles. The molecule has 0 bridgehead atoms. The summed E-state index contributed by atoms with van der Waals surface area (Å²) in [6.07, 6.45) is 4.47. The number of rotatable bonds is 14. The van der Waals surface area contributed by atoms with Crippen molar-refractivity contribution in [2.24, 2.45) is 11.3 Å². The van der Waals surface area contributed by atoms with Crippen LogP contribution >= 0.6 is 11.6 Å². The van der Waals surface area contributed by atoms with Crippen molar-refractivity contribution in [2.45, 2.75) is 68.9 Å². The molecule has 0 spiro atoms. The number of carbonyl (C=O) groups is 1. The molecule has 6 nitrogen and oxygen atoms in total. The number of aliphatic hydroxyl groups is 1.